The number of hydrogen-bond acceptors (Lipinski definition) is 2. The summed E-state index contributed by atoms with van der Waals surface area (Å²) >= 11 is 0. The normalized spacial score (nSPS) is 24.8. The number of hydrogen-bond donors (Lipinski definition) is 0. The molecule has 2 unspecified atom stereocenters. The van der Waals surface area contributed by atoms with Crippen LogP contribution in [0.15, 0.2) is 66.7 Å². The van der Waals surface area contributed by atoms with E-state index in [0.29, 0.717) is 11.5 Å². The third-order valence-electron chi connectivity index (χ3n) is 5.48. The van der Waals surface area contributed by atoms with E-state index >= 15 is 0 Å². The zero-order valence-corrected chi connectivity index (χ0v) is 13.4. The zero-order chi connectivity index (χ0) is 16.1. The molecule has 24 heavy (non-hydrogen) atoms. The van der Waals surface area contributed by atoms with Crippen LogP contribution in [0.1, 0.15) is 29.6 Å². The fourth-order valence-electron chi connectivity index (χ4n) is 4.22. The van der Waals surface area contributed by atoms with Gasteiger partial charge >= 0.3 is 5.97 Å². The summed E-state index contributed by atoms with van der Waals surface area (Å²) in [6.45, 7) is 0. The fraction of sp³-hybridized carbons (Fsp3) is 0.227. The van der Waals surface area contributed by atoms with Gasteiger partial charge in [0, 0.05) is 0 Å². The third kappa shape index (κ3) is 2.06. The molecule has 1 saturated carbocycles. The van der Waals surface area contributed by atoms with Crippen LogP contribution in [-0.2, 0) is 4.74 Å². The van der Waals surface area contributed by atoms with Gasteiger partial charge in [0.15, 0.2) is 0 Å². The van der Waals surface area contributed by atoms with E-state index in [9.17, 15) is 4.79 Å². The van der Waals surface area contributed by atoms with Crippen molar-refractivity contribution in [3.05, 3.63) is 72.3 Å². The van der Waals surface area contributed by atoms with Gasteiger partial charge in [-0.3, -0.25) is 0 Å². The molecule has 2 aliphatic rings. The third-order valence-corrected chi connectivity index (χ3v) is 5.48. The fourth-order valence-corrected chi connectivity index (χ4v) is 4.22. The molecular weight excluding hydrogens is 296 g/mol. The Morgan fingerprint density at radius 1 is 1.00 bits per heavy atom. The second-order valence-electron chi connectivity index (χ2n) is 7.04. The lowest BCUT2D eigenvalue weighted by Gasteiger charge is -2.24. The Bertz CT molecular complexity index is 1000. The monoisotopic (exact) mass is 314 g/mol. The maximum atomic E-state index is 12.9. The van der Waals surface area contributed by atoms with E-state index in [0.717, 1.165) is 35.4 Å². The van der Waals surface area contributed by atoms with Crippen molar-refractivity contribution in [1.29, 1.82) is 0 Å². The number of fused-ring (bicyclic) bond motifs is 4. The second kappa shape index (κ2) is 4.94. The molecule has 5 rings (SSSR count). The average Bonchev–Trinajstić information content (AvgIpc) is 3.19. The minimum atomic E-state index is -0.360. The summed E-state index contributed by atoms with van der Waals surface area (Å²) in [6, 6.07) is 18.3. The topological polar surface area (TPSA) is 26.3 Å². The molecule has 2 bridgehead atoms. The van der Waals surface area contributed by atoms with Crippen molar-refractivity contribution >= 4 is 27.5 Å². The van der Waals surface area contributed by atoms with Crippen LogP contribution in [0, 0.1) is 5.92 Å². The van der Waals surface area contributed by atoms with Crippen molar-refractivity contribution < 1.29 is 9.53 Å². The first-order valence-electron chi connectivity index (χ1n) is 8.57. The van der Waals surface area contributed by atoms with E-state index < -0.39 is 0 Å². The molecule has 0 amide bonds. The van der Waals surface area contributed by atoms with E-state index in [1.54, 1.807) is 0 Å². The van der Waals surface area contributed by atoms with Gasteiger partial charge in [-0.2, -0.15) is 0 Å². The first-order chi connectivity index (χ1) is 11.7. The largest absolute Gasteiger partial charge is 0.451 e. The summed E-state index contributed by atoms with van der Waals surface area (Å²) in [7, 11) is 0. The highest BCUT2D eigenvalue weighted by Crippen LogP contribution is 2.45. The number of carbonyl (C=O) groups is 1. The van der Waals surface area contributed by atoms with E-state index in [1.807, 2.05) is 24.3 Å². The predicted molar refractivity (Wildman–Crippen MR) is 96.1 cm³/mol. The van der Waals surface area contributed by atoms with Gasteiger partial charge in [-0.1, -0.05) is 42.5 Å². The number of esters is 1. The van der Waals surface area contributed by atoms with E-state index in [-0.39, 0.29) is 11.6 Å². The van der Waals surface area contributed by atoms with Crippen LogP contribution in [0.25, 0.3) is 21.5 Å². The Labute approximate surface area is 140 Å². The predicted octanol–water partition coefficient (Wildman–Crippen LogP) is 5.26. The van der Waals surface area contributed by atoms with Crippen molar-refractivity contribution in [2.75, 3.05) is 0 Å². The molecule has 0 spiro atoms. The zero-order valence-electron chi connectivity index (χ0n) is 13.4. The van der Waals surface area contributed by atoms with E-state index in [2.05, 4.69) is 42.5 Å². The molecule has 0 radical (unpaired) electrons. The van der Waals surface area contributed by atoms with Gasteiger partial charge in [0.05, 0.1) is 5.56 Å². The van der Waals surface area contributed by atoms with Gasteiger partial charge in [0.2, 0.25) is 0 Å². The van der Waals surface area contributed by atoms with Gasteiger partial charge < -0.3 is 4.74 Å². The van der Waals surface area contributed by atoms with Crippen molar-refractivity contribution in [3.63, 3.8) is 0 Å². The Kier molecular flexibility index (Phi) is 2.84. The molecule has 0 aromatic heterocycles. The number of carbonyl (C=O) groups excluding carboxylic acids is 1. The summed E-state index contributed by atoms with van der Waals surface area (Å²) in [5.41, 5.74) is 0.303. The molecule has 2 heteroatoms. The highest BCUT2D eigenvalue weighted by atomic mass is 16.6. The average molecular weight is 314 g/mol. The Morgan fingerprint density at radius 3 is 2.50 bits per heavy atom. The minimum absolute atomic E-state index is 0.205. The first kappa shape index (κ1) is 13.8. The van der Waals surface area contributed by atoms with Crippen molar-refractivity contribution in [2.45, 2.75) is 24.9 Å². The molecule has 2 aliphatic carbocycles. The van der Waals surface area contributed by atoms with Gasteiger partial charge in [-0.15, -0.1) is 0 Å². The van der Waals surface area contributed by atoms with Gasteiger partial charge in [-0.05, 0) is 71.0 Å². The molecule has 2 nitrogen and oxygen atoms in total. The summed E-state index contributed by atoms with van der Waals surface area (Å²) in [6.07, 6.45) is 7.33. The van der Waals surface area contributed by atoms with Gasteiger partial charge in [0.25, 0.3) is 0 Å². The molecule has 118 valence electrons. The maximum absolute atomic E-state index is 12.9. The van der Waals surface area contributed by atoms with Crippen LogP contribution >= 0.6 is 0 Å². The Balaban J connectivity index is 1.59. The van der Waals surface area contributed by atoms with Crippen LogP contribution in [0.5, 0.6) is 0 Å². The summed E-state index contributed by atoms with van der Waals surface area (Å²) in [4.78, 5) is 12.9. The SMILES string of the molecule is O=C(OC12C=CC(CC1)C2)c1cccc2cc3ccccc3cc12. The lowest BCUT2D eigenvalue weighted by molar-refractivity contribution is 0.00799. The minimum Gasteiger partial charge on any atom is -0.451 e. The molecule has 3 aromatic rings. The number of rotatable bonds is 2. The Hall–Kier alpha value is -2.61. The number of benzene rings is 3. The quantitative estimate of drug-likeness (QED) is 0.366. The second-order valence-corrected chi connectivity index (χ2v) is 7.04. The van der Waals surface area contributed by atoms with Crippen molar-refractivity contribution in [3.8, 4) is 0 Å². The number of ether oxygens (including phenoxy) is 1. The van der Waals surface area contributed by atoms with Crippen LogP contribution < -0.4 is 0 Å². The maximum Gasteiger partial charge on any atom is 0.339 e. The highest BCUT2D eigenvalue weighted by Gasteiger charge is 2.44. The Morgan fingerprint density at radius 2 is 1.79 bits per heavy atom. The molecule has 0 heterocycles. The van der Waals surface area contributed by atoms with Crippen molar-refractivity contribution in [1.82, 2.24) is 0 Å². The summed E-state index contributed by atoms with van der Waals surface area (Å²) < 4.78 is 5.97. The summed E-state index contributed by atoms with van der Waals surface area (Å²) in [5.74, 6) is 0.386. The molecule has 0 aliphatic heterocycles. The molecular formula is C22H18O2. The molecule has 1 fully saturated rings. The van der Waals surface area contributed by atoms with Crippen molar-refractivity contribution in [2.24, 2.45) is 5.92 Å². The smallest absolute Gasteiger partial charge is 0.339 e. The standard InChI is InChI=1S/C22H18O2/c23-21(24-22-10-8-15(14-22)9-11-22)19-7-3-6-18-12-16-4-1-2-5-17(16)13-20(18)19/h1-8,10,12-13,15H,9,11,14H2. The van der Waals surface area contributed by atoms with Gasteiger partial charge in [-0.25, -0.2) is 4.79 Å². The number of allylic oxidation sites excluding steroid dienone is 1. The molecule has 0 saturated heterocycles. The van der Waals surface area contributed by atoms with E-state index in [4.69, 9.17) is 4.74 Å². The van der Waals surface area contributed by atoms with Crippen LogP contribution in [0.4, 0.5) is 0 Å². The molecule has 2 atom stereocenters. The molecule has 3 aromatic carbocycles. The highest BCUT2D eigenvalue weighted by molar-refractivity contribution is 6.09. The lowest BCUT2D eigenvalue weighted by atomic mass is 9.99. The van der Waals surface area contributed by atoms with Crippen LogP contribution in [0.2, 0.25) is 0 Å². The lowest BCUT2D eigenvalue weighted by Crippen LogP contribution is -2.28. The first-order valence-corrected chi connectivity index (χ1v) is 8.57. The van der Waals surface area contributed by atoms with Crippen LogP contribution in [0.3, 0.4) is 0 Å². The van der Waals surface area contributed by atoms with Crippen LogP contribution in [-0.4, -0.2) is 11.6 Å². The summed E-state index contributed by atoms with van der Waals surface area (Å²) in [5, 5.41) is 4.37. The molecule has 0 N–H and O–H groups in total. The van der Waals surface area contributed by atoms with E-state index in [1.165, 1.54) is 5.39 Å². The van der Waals surface area contributed by atoms with Gasteiger partial charge in [0.1, 0.15) is 5.60 Å².